The maximum atomic E-state index is 11.3. The van der Waals surface area contributed by atoms with Crippen molar-refractivity contribution in [1.82, 2.24) is 10.1 Å². The first-order valence-corrected chi connectivity index (χ1v) is 7.54. The van der Waals surface area contributed by atoms with Crippen molar-refractivity contribution in [3.8, 4) is 0 Å². The molecule has 1 aliphatic heterocycles. The fraction of sp³-hybridized carbons (Fsp3) is 0.800. The lowest BCUT2D eigenvalue weighted by atomic mass is 9.99. The molecule has 1 fully saturated rings. The van der Waals surface area contributed by atoms with Crippen LogP contribution in [0, 0.1) is 5.92 Å². The lowest BCUT2D eigenvalue weighted by Crippen LogP contribution is -2.24. The molecule has 2 rings (SSSR count). The molecule has 6 nitrogen and oxygen atoms in total. The minimum Gasteiger partial charge on any atom is -0.396 e. The molecule has 0 unspecified atom stereocenters. The minimum absolute atomic E-state index is 0.0106. The number of aromatic nitrogens is 2. The summed E-state index contributed by atoms with van der Waals surface area (Å²) in [6.07, 6.45) is 2.37. The number of sulfone groups is 1. The first-order chi connectivity index (χ1) is 8.09. The molecule has 96 valence electrons. The lowest BCUT2D eigenvalue weighted by Gasteiger charge is -2.20. The molecule has 0 radical (unpaired) electrons. The van der Waals surface area contributed by atoms with Crippen molar-refractivity contribution in [3.05, 3.63) is 11.7 Å². The minimum atomic E-state index is -2.81. The fourth-order valence-corrected chi connectivity index (χ4v) is 3.56. The number of aliphatic hydroxyl groups is 1. The molecular formula is C10H16N2O4S. The van der Waals surface area contributed by atoms with Gasteiger partial charge in [-0.25, -0.2) is 8.42 Å². The zero-order valence-corrected chi connectivity index (χ0v) is 10.3. The third-order valence-corrected chi connectivity index (χ3v) is 4.70. The number of aliphatic hydroxyl groups excluding tert-OH is 1. The maximum absolute atomic E-state index is 11.3. The third kappa shape index (κ3) is 3.50. The van der Waals surface area contributed by atoms with E-state index in [2.05, 4.69) is 10.1 Å². The van der Waals surface area contributed by atoms with Gasteiger partial charge in [-0.2, -0.15) is 4.98 Å². The van der Waals surface area contributed by atoms with E-state index in [1.165, 1.54) is 0 Å². The molecule has 1 saturated heterocycles. The molecule has 0 aromatic carbocycles. The average Bonchev–Trinajstić information content (AvgIpc) is 2.70. The summed E-state index contributed by atoms with van der Waals surface area (Å²) < 4.78 is 27.5. The highest BCUT2D eigenvalue weighted by molar-refractivity contribution is 7.91. The fourth-order valence-electron chi connectivity index (χ4n) is 1.97. The highest BCUT2D eigenvalue weighted by Gasteiger charge is 2.24. The third-order valence-electron chi connectivity index (χ3n) is 2.98. The van der Waals surface area contributed by atoms with E-state index < -0.39 is 9.84 Å². The lowest BCUT2D eigenvalue weighted by molar-refractivity contribution is 0.273. The first kappa shape index (κ1) is 12.5. The van der Waals surface area contributed by atoms with Crippen molar-refractivity contribution in [2.45, 2.75) is 25.7 Å². The molecule has 0 atom stereocenters. The van der Waals surface area contributed by atoms with E-state index >= 15 is 0 Å². The molecule has 1 aromatic heterocycles. The van der Waals surface area contributed by atoms with Crippen molar-refractivity contribution in [3.63, 3.8) is 0 Å². The maximum Gasteiger partial charge on any atom is 0.228 e. The van der Waals surface area contributed by atoms with Crippen LogP contribution < -0.4 is 0 Å². The predicted molar refractivity (Wildman–Crippen MR) is 60.2 cm³/mol. The van der Waals surface area contributed by atoms with Gasteiger partial charge in [0.15, 0.2) is 5.82 Å². The molecule has 17 heavy (non-hydrogen) atoms. The van der Waals surface area contributed by atoms with Crippen LogP contribution in [-0.4, -0.2) is 41.8 Å². The molecule has 0 aliphatic carbocycles. The smallest absolute Gasteiger partial charge is 0.228 e. The largest absolute Gasteiger partial charge is 0.396 e. The zero-order chi connectivity index (χ0) is 12.3. The van der Waals surface area contributed by atoms with E-state index in [4.69, 9.17) is 9.63 Å². The number of hydrogen-bond acceptors (Lipinski definition) is 6. The van der Waals surface area contributed by atoms with E-state index in [1.807, 2.05) is 0 Å². The Balaban J connectivity index is 1.88. The summed E-state index contributed by atoms with van der Waals surface area (Å²) in [6, 6.07) is 0. The monoisotopic (exact) mass is 260 g/mol. The molecule has 2 heterocycles. The van der Waals surface area contributed by atoms with Gasteiger partial charge in [0, 0.05) is 6.42 Å². The summed E-state index contributed by atoms with van der Waals surface area (Å²) in [4.78, 5) is 4.14. The normalized spacial score (nSPS) is 20.5. The van der Waals surface area contributed by atoms with Crippen molar-refractivity contribution >= 4 is 9.84 Å². The van der Waals surface area contributed by atoms with Crippen LogP contribution in [0.5, 0.6) is 0 Å². The van der Waals surface area contributed by atoms with Crippen LogP contribution in [0.3, 0.4) is 0 Å². The average molecular weight is 260 g/mol. The number of hydrogen-bond donors (Lipinski definition) is 1. The van der Waals surface area contributed by atoms with Crippen molar-refractivity contribution in [2.75, 3.05) is 18.1 Å². The number of rotatable bonds is 4. The van der Waals surface area contributed by atoms with Crippen LogP contribution in [0.4, 0.5) is 0 Å². The van der Waals surface area contributed by atoms with E-state index in [1.54, 1.807) is 0 Å². The summed E-state index contributed by atoms with van der Waals surface area (Å²) >= 11 is 0. The molecule has 0 saturated carbocycles. The van der Waals surface area contributed by atoms with E-state index in [-0.39, 0.29) is 18.1 Å². The van der Waals surface area contributed by atoms with Gasteiger partial charge in [-0.05, 0) is 18.8 Å². The van der Waals surface area contributed by atoms with Crippen molar-refractivity contribution in [2.24, 2.45) is 5.92 Å². The summed E-state index contributed by atoms with van der Waals surface area (Å²) in [5, 5.41) is 12.5. The quantitative estimate of drug-likeness (QED) is 0.817. The summed E-state index contributed by atoms with van der Waals surface area (Å²) in [5.41, 5.74) is 0. The molecule has 0 spiro atoms. The second-order valence-corrected chi connectivity index (χ2v) is 6.68. The van der Waals surface area contributed by atoms with Gasteiger partial charge in [-0.3, -0.25) is 0 Å². The van der Waals surface area contributed by atoms with Gasteiger partial charge < -0.3 is 9.63 Å². The molecule has 0 bridgehead atoms. The first-order valence-electron chi connectivity index (χ1n) is 5.72. The Morgan fingerprint density at radius 2 is 2.06 bits per heavy atom. The summed E-state index contributed by atoms with van der Waals surface area (Å²) in [5.74, 6) is 1.89. The molecular weight excluding hydrogens is 244 g/mol. The summed E-state index contributed by atoms with van der Waals surface area (Å²) in [7, 11) is -2.81. The Hall–Kier alpha value is -0.950. The predicted octanol–water partition coefficient (Wildman–Crippen LogP) is -0.0283. The van der Waals surface area contributed by atoms with Crippen LogP contribution in [-0.2, 0) is 22.7 Å². The van der Waals surface area contributed by atoms with Crippen LogP contribution in [0.25, 0.3) is 0 Å². The molecule has 0 amide bonds. The second-order valence-electron chi connectivity index (χ2n) is 4.38. The van der Waals surface area contributed by atoms with Crippen molar-refractivity contribution < 1.29 is 18.0 Å². The van der Waals surface area contributed by atoms with E-state index in [0.29, 0.717) is 43.3 Å². The van der Waals surface area contributed by atoms with Gasteiger partial charge in [-0.15, -0.1) is 0 Å². The Labute approximate surface area is 99.9 Å². The Morgan fingerprint density at radius 1 is 1.35 bits per heavy atom. The molecule has 1 N–H and O–H groups in total. The van der Waals surface area contributed by atoms with Gasteiger partial charge in [0.05, 0.1) is 24.5 Å². The van der Waals surface area contributed by atoms with Crippen LogP contribution in [0.2, 0.25) is 0 Å². The Morgan fingerprint density at radius 3 is 2.71 bits per heavy atom. The second kappa shape index (κ2) is 5.14. The SMILES string of the molecule is O=S1(=O)CCC(Cc2noc(CCO)n2)CC1. The molecule has 1 aliphatic rings. The van der Waals surface area contributed by atoms with E-state index in [9.17, 15) is 8.42 Å². The zero-order valence-electron chi connectivity index (χ0n) is 9.50. The van der Waals surface area contributed by atoms with Gasteiger partial charge in [0.2, 0.25) is 5.89 Å². The highest BCUT2D eigenvalue weighted by Crippen LogP contribution is 2.21. The van der Waals surface area contributed by atoms with Gasteiger partial charge >= 0.3 is 0 Å². The standard InChI is InChI=1S/C10H16N2O4S/c13-4-1-10-11-9(12-16-10)7-8-2-5-17(14,15)6-3-8/h8,13H,1-7H2. The topological polar surface area (TPSA) is 93.3 Å². The highest BCUT2D eigenvalue weighted by atomic mass is 32.2. The van der Waals surface area contributed by atoms with Gasteiger partial charge in [0.1, 0.15) is 9.84 Å². The summed E-state index contributed by atoms with van der Waals surface area (Å²) in [6.45, 7) is -0.0106. The van der Waals surface area contributed by atoms with E-state index in [0.717, 1.165) is 0 Å². The van der Waals surface area contributed by atoms with Gasteiger partial charge in [-0.1, -0.05) is 5.16 Å². The number of nitrogens with zero attached hydrogens (tertiary/aromatic N) is 2. The van der Waals surface area contributed by atoms with Crippen LogP contribution >= 0.6 is 0 Å². The van der Waals surface area contributed by atoms with Crippen LogP contribution in [0.1, 0.15) is 24.6 Å². The van der Waals surface area contributed by atoms with Crippen LogP contribution in [0.15, 0.2) is 4.52 Å². The Kier molecular flexibility index (Phi) is 3.78. The van der Waals surface area contributed by atoms with Gasteiger partial charge in [0.25, 0.3) is 0 Å². The van der Waals surface area contributed by atoms with Crippen molar-refractivity contribution in [1.29, 1.82) is 0 Å². The molecule has 7 heteroatoms. The molecule has 1 aromatic rings. The Bertz CT molecular complexity index is 454.